The predicted molar refractivity (Wildman–Crippen MR) is 156 cm³/mol. The van der Waals surface area contributed by atoms with Gasteiger partial charge in [0.1, 0.15) is 11.8 Å². The number of methoxy groups -OCH3 is 1. The quantitative estimate of drug-likeness (QED) is 0.352. The van der Waals surface area contributed by atoms with E-state index in [-0.39, 0.29) is 48.8 Å². The van der Waals surface area contributed by atoms with E-state index in [1.807, 2.05) is 12.1 Å². The van der Waals surface area contributed by atoms with E-state index in [1.165, 1.54) is 23.9 Å². The molecule has 1 fully saturated rings. The van der Waals surface area contributed by atoms with Gasteiger partial charge >= 0.3 is 0 Å². The molecule has 0 aliphatic heterocycles. The third-order valence-corrected chi connectivity index (χ3v) is 8.70. The van der Waals surface area contributed by atoms with Crippen molar-refractivity contribution >= 4 is 50.7 Å². The van der Waals surface area contributed by atoms with Gasteiger partial charge in [-0.15, -0.1) is 0 Å². The maximum Gasteiger partial charge on any atom is 0.242 e. The Labute approximate surface area is 241 Å². The normalized spacial score (nSPS) is 14.9. The summed E-state index contributed by atoms with van der Waals surface area (Å²) >= 11 is 12.2. The first-order valence-corrected chi connectivity index (χ1v) is 15.8. The van der Waals surface area contributed by atoms with Crippen molar-refractivity contribution in [1.82, 2.24) is 10.2 Å². The number of anilines is 1. The Balaban J connectivity index is 1.72. The Bertz CT molecular complexity index is 1230. The predicted octanol–water partition coefficient (Wildman–Crippen LogP) is 5.41. The molecule has 2 amide bonds. The highest BCUT2D eigenvalue weighted by molar-refractivity contribution is 7.92. The fourth-order valence-electron chi connectivity index (χ4n) is 4.75. The van der Waals surface area contributed by atoms with E-state index >= 15 is 0 Å². The Morgan fingerprint density at radius 2 is 1.74 bits per heavy atom. The highest BCUT2D eigenvalue weighted by atomic mass is 35.5. The standard InChI is InChI=1S/C28H37Cl2N3O5S/c1-20(28(35)31-23-8-5-4-6-9-23)32(19-21-11-13-22(29)14-12-21)27(34)10-7-17-33(39(3,36)37)24-15-16-26(38-2)25(30)18-24/h11-16,18,20,23H,4-10,17,19H2,1-3H3,(H,31,35). The number of hydrogen-bond acceptors (Lipinski definition) is 5. The fourth-order valence-corrected chi connectivity index (χ4v) is 6.09. The van der Waals surface area contributed by atoms with E-state index in [2.05, 4.69) is 5.32 Å². The number of ether oxygens (including phenoxy) is 1. The molecule has 1 saturated carbocycles. The van der Waals surface area contributed by atoms with E-state index in [0.29, 0.717) is 16.5 Å². The number of carbonyl (C=O) groups excluding carboxylic acids is 2. The number of halogens is 2. The van der Waals surface area contributed by atoms with E-state index in [9.17, 15) is 18.0 Å². The Kier molecular flexibility index (Phi) is 11.3. The molecule has 1 unspecified atom stereocenters. The molecule has 0 aromatic heterocycles. The summed E-state index contributed by atoms with van der Waals surface area (Å²) in [6.07, 6.45) is 6.66. The van der Waals surface area contributed by atoms with Crippen LogP contribution in [0.5, 0.6) is 5.75 Å². The van der Waals surface area contributed by atoms with Crippen LogP contribution in [-0.2, 0) is 26.2 Å². The average Bonchev–Trinajstić information content (AvgIpc) is 2.90. The van der Waals surface area contributed by atoms with Crippen LogP contribution in [-0.4, -0.2) is 57.1 Å². The van der Waals surface area contributed by atoms with Gasteiger partial charge in [0.05, 0.1) is 24.1 Å². The van der Waals surface area contributed by atoms with Crippen molar-refractivity contribution < 1.29 is 22.7 Å². The van der Waals surface area contributed by atoms with Gasteiger partial charge in [-0.3, -0.25) is 13.9 Å². The Hall–Kier alpha value is -2.49. The number of rotatable bonds is 12. The second kappa shape index (κ2) is 14.2. The van der Waals surface area contributed by atoms with E-state index < -0.39 is 16.1 Å². The molecule has 39 heavy (non-hydrogen) atoms. The van der Waals surface area contributed by atoms with E-state index in [0.717, 1.165) is 37.5 Å². The number of benzene rings is 2. The van der Waals surface area contributed by atoms with Crippen molar-refractivity contribution in [3.05, 3.63) is 58.1 Å². The molecule has 1 N–H and O–H groups in total. The van der Waals surface area contributed by atoms with Gasteiger partial charge in [-0.25, -0.2) is 8.42 Å². The van der Waals surface area contributed by atoms with Gasteiger partial charge in [-0.2, -0.15) is 0 Å². The van der Waals surface area contributed by atoms with Crippen LogP contribution in [0.15, 0.2) is 42.5 Å². The lowest BCUT2D eigenvalue weighted by molar-refractivity contribution is -0.141. The highest BCUT2D eigenvalue weighted by Crippen LogP contribution is 2.30. The monoisotopic (exact) mass is 597 g/mol. The largest absolute Gasteiger partial charge is 0.495 e. The second-order valence-electron chi connectivity index (χ2n) is 9.93. The zero-order chi connectivity index (χ0) is 28.6. The van der Waals surface area contributed by atoms with Crippen LogP contribution in [0.1, 0.15) is 57.4 Å². The minimum atomic E-state index is -3.64. The molecule has 214 valence electrons. The Morgan fingerprint density at radius 3 is 2.33 bits per heavy atom. The summed E-state index contributed by atoms with van der Waals surface area (Å²) in [5.41, 5.74) is 1.23. The van der Waals surface area contributed by atoms with Crippen LogP contribution in [0, 0.1) is 0 Å². The second-order valence-corrected chi connectivity index (χ2v) is 12.7. The topological polar surface area (TPSA) is 96.0 Å². The molecular formula is C28H37Cl2N3O5S. The summed E-state index contributed by atoms with van der Waals surface area (Å²) in [4.78, 5) is 28.2. The van der Waals surface area contributed by atoms with Crippen molar-refractivity contribution in [2.45, 2.75) is 70.5 Å². The maximum absolute atomic E-state index is 13.5. The number of sulfonamides is 1. The number of amides is 2. The zero-order valence-corrected chi connectivity index (χ0v) is 25.0. The summed E-state index contributed by atoms with van der Waals surface area (Å²) < 4.78 is 31.5. The number of nitrogens with one attached hydrogen (secondary N) is 1. The molecule has 3 rings (SSSR count). The summed E-state index contributed by atoms with van der Waals surface area (Å²) in [7, 11) is -2.16. The smallest absolute Gasteiger partial charge is 0.242 e. The van der Waals surface area contributed by atoms with Crippen LogP contribution in [0.2, 0.25) is 10.0 Å². The van der Waals surface area contributed by atoms with Gasteiger partial charge in [0.2, 0.25) is 21.8 Å². The van der Waals surface area contributed by atoms with Gasteiger partial charge in [-0.1, -0.05) is 54.6 Å². The molecule has 11 heteroatoms. The average molecular weight is 599 g/mol. The molecule has 8 nitrogen and oxygen atoms in total. The van der Waals surface area contributed by atoms with Crippen molar-refractivity contribution in [1.29, 1.82) is 0 Å². The Morgan fingerprint density at radius 1 is 1.08 bits per heavy atom. The zero-order valence-electron chi connectivity index (χ0n) is 22.7. The summed E-state index contributed by atoms with van der Waals surface area (Å²) in [5.74, 6) is 0.00897. The lowest BCUT2D eigenvalue weighted by atomic mass is 9.95. The third-order valence-electron chi connectivity index (χ3n) is 6.96. The first kappa shape index (κ1) is 31.0. The molecule has 2 aromatic carbocycles. The molecule has 0 bridgehead atoms. The number of hydrogen-bond donors (Lipinski definition) is 1. The molecule has 2 aromatic rings. The van der Waals surface area contributed by atoms with Crippen LogP contribution in [0.4, 0.5) is 5.69 Å². The van der Waals surface area contributed by atoms with Crippen molar-refractivity contribution in [3.63, 3.8) is 0 Å². The van der Waals surface area contributed by atoms with Crippen LogP contribution in [0.25, 0.3) is 0 Å². The number of nitrogens with zero attached hydrogens (tertiary/aromatic N) is 2. The molecule has 1 aliphatic carbocycles. The molecule has 0 spiro atoms. The van der Waals surface area contributed by atoms with Gasteiger partial charge < -0.3 is 15.0 Å². The number of carbonyl (C=O) groups is 2. The lowest BCUT2D eigenvalue weighted by Gasteiger charge is -2.31. The molecular weight excluding hydrogens is 561 g/mol. The van der Waals surface area contributed by atoms with Crippen LogP contribution < -0.4 is 14.4 Å². The minimum absolute atomic E-state index is 0.0601. The van der Waals surface area contributed by atoms with Crippen molar-refractivity contribution in [2.24, 2.45) is 0 Å². The minimum Gasteiger partial charge on any atom is -0.495 e. The summed E-state index contributed by atoms with van der Waals surface area (Å²) in [6.45, 7) is 2.04. The third kappa shape index (κ3) is 9.01. The van der Waals surface area contributed by atoms with Crippen LogP contribution in [0.3, 0.4) is 0 Å². The molecule has 0 radical (unpaired) electrons. The SMILES string of the molecule is COc1ccc(N(CCCC(=O)N(Cc2ccc(Cl)cc2)C(C)C(=O)NC2CCCCC2)S(C)(=O)=O)cc1Cl. The van der Waals surface area contributed by atoms with E-state index in [1.54, 1.807) is 36.1 Å². The summed E-state index contributed by atoms with van der Waals surface area (Å²) in [6, 6.07) is 11.3. The van der Waals surface area contributed by atoms with Crippen molar-refractivity contribution in [2.75, 3.05) is 24.2 Å². The lowest BCUT2D eigenvalue weighted by Crippen LogP contribution is -2.50. The van der Waals surface area contributed by atoms with Crippen molar-refractivity contribution in [3.8, 4) is 5.75 Å². The maximum atomic E-state index is 13.5. The van der Waals surface area contributed by atoms with Crippen LogP contribution >= 0.6 is 23.2 Å². The first-order valence-electron chi connectivity index (χ1n) is 13.1. The van der Waals surface area contributed by atoms with Gasteiger partial charge in [0.25, 0.3) is 0 Å². The van der Waals surface area contributed by atoms with E-state index in [4.69, 9.17) is 27.9 Å². The van der Waals surface area contributed by atoms with Gasteiger partial charge in [0, 0.05) is 30.6 Å². The molecule has 1 atom stereocenters. The molecule has 0 heterocycles. The fraction of sp³-hybridized carbons (Fsp3) is 0.500. The highest BCUT2D eigenvalue weighted by Gasteiger charge is 2.28. The first-order chi connectivity index (χ1) is 18.5. The molecule has 0 saturated heterocycles. The van der Waals surface area contributed by atoms with Gasteiger partial charge in [-0.05, 0) is 62.1 Å². The molecule has 1 aliphatic rings. The van der Waals surface area contributed by atoms with Gasteiger partial charge in [0.15, 0.2) is 0 Å². The summed E-state index contributed by atoms with van der Waals surface area (Å²) in [5, 5.41) is 3.98.